The number of carbonyl (C=O) groups excluding carboxylic acids is 2. The fraction of sp³-hybridized carbons (Fsp3) is 0.628. The molecule has 7 heteroatoms. The molecule has 0 saturated heterocycles. The van der Waals surface area contributed by atoms with Crippen molar-refractivity contribution in [2.24, 2.45) is 28.6 Å². The molecule has 2 saturated carbocycles. The summed E-state index contributed by atoms with van der Waals surface area (Å²) in [4.78, 5) is 29.0. The first-order chi connectivity index (χ1) is 23.2. The average molecular weight is 681 g/mol. The highest BCUT2D eigenvalue weighted by Crippen LogP contribution is 2.71. The highest BCUT2D eigenvalue weighted by atomic mass is 16.5. The van der Waals surface area contributed by atoms with Crippen LogP contribution >= 0.6 is 0 Å². The fourth-order valence-electron chi connectivity index (χ4n) is 12.7. The lowest BCUT2D eigenvalue weighted by molar-refractivity contribution is -0.145. The van der Waals surface area contributed by atoms with Crippen molar-refractivity contribution in [3.8, 4) is 0 Å². The Balaban J connectivity index is 1.34. The number of aliphatic hydroxyl groups excluding tert-OH is 2. The molecular weight excluding hydrogens is 624 g/mol. The molecule has 0 spiro atoms. The Labute approximate surface area is 297 Å². The van der Waals surface area contributed by atoms with Crippen LogP contribution in [-0.2, 0) is 21.4 Å². The van der Waals surface area contributed by atoms with Gasteiger partial charge >= 0.3 is 0 Å². The first-order valence-electron chi connectivity index (χ1n) is 18.8. The molecule has 6 aliphatic rings. The maximum absolute atomic E-state index is 14.9. The van der Waals surface area contributed by atoms with E-state index in [0.29, 0.717) is 24.3 Å². The van der Waals surface area contributed by atoms with Gasteiger partial charge in [-0.15, -0.1) is 0 Å². The third-order valence-corrected chi connectivity index (χ3v) is 14.9. The first kappa shape index (κ1) is 34.1. The first-order valence-corrected chi connectivity index (χ1v) is 18.8. The van der Waals surface area contributed by atoms with E-state index in [4.69, 9.17) is 4.74 Å². The van der Waals surface area contributed by atoms with Gasteiger partial charge in [-0.3, -0.25) is 9.59 Å². The molecule has 2 N–H and O–H groups in total. The van der Waals surface area contributed by atoms with Crippen molar-refractivity contribution in [1.29, 1.82) is 0 Å². The van der Waals surface area contributed by atoms with Crippen molar-refractivity contribution in [2.75, 3.05) is 14.1 Å². The van der Waals surface area contributed by atoms with Crippen molar-refractivity contribution in [1.82, 2.24) is 9.47 Å². The van der Waals surface area contributed by atoms with Crippen molar-refractivity contribution < 1.29 is 24.5 Å². The van der Waals surface area contributed by atoms with E-state index >= 15 is 0 Å². The number of rotatable bonds is 4. The normalized spacial score (nSPS) is 38.8. The van der Waals surface area contributed by atoms with Crippen LogP contribution in [0.15, 0.2) is 36.4 Å². The van der Waals surface area contributed by atoms with Crippen molar-refractivity contribution in [2.45, 2.75) is 129 Å². The van der Waals surface area contributed by atoms with Crippen molar-refractivity contribution >= 4 is 28.2 Å². The highest BCUT2D eigenvalue weighted by molar-refractivity contribution is 6.18. The molecule has 4 aliphatic carbocycles. The Morgan fingerprint density at radius 2 is 1.80 bits per heavy atom. The van der Waals surface area contributed by atoms with Crippen LogP contribution in [0, 0.1) is 28.6 Å². The van der Waals surface area contributed by atoms with Gasteiger partial charge in [-0.25, -0.2) is 0 Å². The maximum Gasteiger partial charge on any atom is 0.225 e. The Hall–Kier alpha value is -3.00. The second-order valence-corrected chi connectivity index (χ2v) is 18.7. The average Bonchev–Trinajstić information content (AvgIpc) is 3.67. The van der Waals surface area contributed by atoms with Crippen LogP contribution in [0.4, 0.5) is 0 Å². The number of aromatic nitrogens is 1. The number of ketones is 1. The molecule has 1 aromatic carbocycles. The van der Waals surface area contributed by atoms with E-state index in [1.54, 1.807) is 19.0 Å². The zero-order valence-corrected chi connectivity index (χ0v) is 31.7. The third kappa shape index (κ3) is 4.03. The Kier molecular flexibility index (Phi) is 7.04. The zero-order valence-electron chi connectivity index (χ0n) is 31.7. The molecule has 9 atom stereocenters. The number of allylic oxidation sites excluding steroid dienone is 1. The van der Waals surface area contributed by atoms with Crippen LogP contribution in [0.1, 0.15) is 132 Å². The fourth-order valence-corrected chi connectivity index (χ4v) is 12.7. The Morgan fingerprint density at radius 3 is 2.46 bits per heavy atom. The van der Waals surface area contributed by atoms with E-state index in [0.717, 1.165) is 58.9 Å². The molecule has 1 amide bonds. The lowest BCUT2D eigenvalue weighted by Crippen LogP contribution is -2.62. The summed E-state index contributed by atoms with van der Waals surface area (Å²) in [6, 6.07) is 1.79. The molecule has 8 rings (SSSR count). The predicted octanol–water partition coefficient (Wildman–Crippen LogP) is 7.63. The van der Waals surface area contributed by atoms with Crippen molar-refractivity contribution in [3.05, 3.63) is 64.4 Å². The van der Waals surface area contributed by atoms with Crippen LogP contribution < -0.4 is 0 Å². The zero-order chi connectivity index (χ0) is 36.2. The molecule has 7 nitrogen and oxygen atoms in total. The molecule has 268 valence electrons. The van der Waals surface area contributed by atoms with Gasteiger partial charge in [-0.05, 0) is 113 Å². The topological polar surface area (TPSA) is 92.0 Å². The number of nitrogens with zero attached hydrogens (tertiary/aromatic N) is 2. The van der Waals surface area contributed by atoms with E-state index in [2.05, 4.69) is 77.8 Å². The summed E-state index contributed by atoms with van der Waals surface area (Å²) in [6.07, 6.45) is 9.84. The number of amides is 1. The van der Waals surface area contributed by atoms with Gasteiger partial charge in [0.15, 0.2) is 5.78 Å². The summed E-state index contributed by atoms with van der Waals surface area (Å²) in [7, 11) is 3.56. The summed E-state index contributed by atoms with van der Waals surface area (Å²) in [5, 5.41) is 25.0. The van der Waals surface area contributed by atoms with Crippen LogP contribution in [0.3, 0.4) is 0 Å². The predicted molar refractivity (Wildman–Crippen MR) is 197 cm³/mol. The number of carbonyl (C=O) groups is 2. The van der Waals surface area contributed by atoms with Crippen molar-refractivity contribution in [3.63, 3.8) is 0 Å². The molecule has 2 unspecified atom stereocenters. The molecule has 0 bridgehead atoms. The number of hydrogen-bond donors (Lipinski definition) is 2. The van der Waals surface area contributed by atoms with Gasteiger partial charge in [-0.2, -0.15) is 0 Å². The van der Waals surface area contributed by atoms with Crippen LogP contribution in [0.2, 0.25) is 0 Å². The number of aliphatic hydroxyl groups is 2. The Morgan fingerprint density at radius 1 is 1.10 bits per heavy atom. The number of ether oxygens (including phenoxy) is 1. The summed E-state index contributed by atoms with van der Waals surface area (Å²) < 4.78 is 8.89. The minimum atomic E-state index is -0.848. The van der Waals surface area contributed by atoms with Crippen LogP contribution in [-0.4, -0.2) is 62.8 Å². The monoisotopic (exact) mass is 680 g/mol. The molecule has 2 aliphatic heterocycles. The quantitative estimate of drug-likeness (QED) is 0.324. The molecular formula is C43H56N2O5. The standard InChI is InChI=1S/C43H56N2O5/c1-22(2)34-37(49)32-31-24(27-21-39(3,4)50-40(5,6)33(27)36(31)48)20-25-26-19-23-14-15-28-41(7,17-12-13-30(47)44(10)11)29(46)16-18-42(28,8)43(23,9)38(26)45(34)35(25)32/h12,17,20-21,23,28-29,33-34,36,46,48H,1,13-16,18-19H2,2-11H3/b17-12+/t23?,28-,29-,33?,34-,36+,41-,42-,43+/m0/s1. The number of fused-ring (bicyclic) bond motifs is 11. The Bertz CT molecular complexity index is 1960. The van der Waals surface area contributed by atoms with E-state index in [1.807, 2.05) is 13.0 Å². The molecule has 2 aromatic rings. The van der Waals surface area contributed by atoms with Gasteiger partial charge in [0.2, 0.25) is 5.91 Å². The molecule has 0 radical (unpaired) electrons. The summed E-state index contributed by atoms with van der Waals surface area (Å²) in [5.41, 5.74) is 5.87. The second kappa shape index (κ2) is 10.3. The molecule has 50 heavy (non-hydrogen) atoms. The van der Waals surface area contributed by atoms with Crippen LogP contribution in [0.25, 0.3) is 16.5 Å². The highest BCUT2D eigenvalue weighted by Gasteiger charge is 2.67. The van der Waals surface area contributed by atoms with Gasteiger partial charge in [-0.1, -0.05) is 45.1 Å². The maximum atomic E-state index is 14.9. The molecule has 2 fully saturated rings. The number of Topliss-reactive ketones (excluding diaryl/α,β-unsaturated/α-hetero) is 1. The van der Waals surface area contributed by atoms with Gasteiger partial charge in [0.05, 0.1) is 34.5 Å². The molecule has 3 heterocycles. The second-order valence-electron chi connectivity index (χ2n) is 18.7. The lowest BCUT2D eigenvalue weighted by Gasteiger charge is -2.64. The van der Waals surface area contributed by atoms with E-state index in [-0.39, 0.29) is 34.4 Å². The lowest BCUT2D eigenvalue weighted by atomic mass is 9.40. The minimum absolute atomic E-state index is 0.0374. The van der Waals surface area contributed by atoms with Gasteiger partial charge in [0.1, 0.15) is 6.04 Å². The van der Waals surface area contributed by atoms with E-state index in [1.165, 1.54) is 11.3 Å². The third-order valence-electron chi connectivity index (χ3n) is 14.9. The van der Waals surface area contributed by atoms with E-state index < -0.39 is 34.9 Å². The van der Waals surface area contributed by atoms with Crippen LogP contribution in [0.5, 0.6) is 0 Å². The summed E-state index contributed by atoms with van der Waals surface area (Å²) >= 11 is 0. The van der Waals surface area contributed by atoms with Gasteiger partial charge < -0.3 is 24.4 Å². The van der Waals surface area contributed by atoms with E-state index in [9.17, 15) is 19.8 Å². The smallest absolute Gasteiger partial charge is 0.225 e. The van der Waals surface area contributed by atoms with Gasteiger partial charge in [0.25, 0.3) is 0 Å². The molecule has 1 aromatic heterocycles. The summed E-state index contributed by atoms with van der Waals surface area (Å²) in [5.74, 6) is 0.411. The number of benzene rings is 1. The SMILES string of the molecule is C=C(C)[C@H]1C(=O)c2c3c(cc4c5c(n1c24)[C@@]1(C)C(CC[C@H]2[C@](C)(/C=C/CC(=O)N(C)C)[C@@H](O)CC[C@@]21C)C5)C1=CC(C)(C)OC(C)(C)C1[C@@H]3O. The minimum Gasteiger partial charge on any atom is -0.392 e. The number of hydrogen-bond acceptors (Lipinski definition) is 5. The largest absolute Gasteiger partial charge is 0.392 e. The summed E-state index contributed by atoms with van der Waals surface area (Å²) in [6.45, 7) is 21.7. The van der Waals surface area contributed by atoms with Gasteiger partial charge in [0, 0.05) is 53.9 Å².